The van der Waals surface area contributed by atoms with Gasteiger partial charge in [-0.15, -0.1) is 0 Å². The Balaban J connectivity index is 2.84. The van der Waals surface area contributed by atoms with E-state index >= 15 is 0 Å². The number of amides is 1. The van der Waals surface area contributed by atoms with Crippen molar-refractivity contribution in [3.8, 4) is 0 Å². The second-order valence-electron chi connectivity index (χ2n) is 6.55. The molecule has 7 nitrogen and oxygen atoms in total. The van der Waals surface area contributed by atoms with E-state index in [0.29, 0.717) is 6.54 Å². The Labute approximate surface area is 155 Å². The van der Waals surface area contributed by atoms with Gasteiger partial charge < -0.3 is 10.1 Å². The molecule has 0 spiro atoms. The summed E-state index contributed by atoms with van der Waals surface area (Å²) in [7, 11) is -3.89. The van der Waals surface area contributed by atoms with E-state index in [0.717, 1.165) is 17.5 Å². The molecule has 1 rings (SSSR count). The molecule has 2 N–H and O–H groups in total. The molecule has 0 bridgehead atoms. The first kappa shape index (κ1) is 22.1. The van der Waals surface area contributed by atoms with Gasteiger partial charge in [-0.05, 0) is 49.4 Å². The second-order valence-corrected chi connectivity index (χ2v) is 8.26. The minimum Gasteiger partial charge on any atom is -0.454 e. The van der Waals surface area contributed by atoms with Crippen LogP contribution in [0.2, 0.25) is 0 Å². The largest absolute Gasteiger partial charge is 0.454 e. The van der Waals surface area contributed by atoms with Crippen LogP contribution in [0.5, 0.6) is 0 Å². The lowest BCUT2D eigenvalue weighted by atomic mass is 10.1. The van der Waals surface area contributed by atoms with Crippen LogP contribution in [0, 0.1) is 19.8 Å². The molecule has 0 heterocycles. The summed E-state index contributed by atoms with van der Waals surface area (Å²) < 4.78 is 32.6. The molecule has 1 aromatic carbocycles. The fourth-order valence-electron chi connectivity index (χ4n) is 2.11. The highest BCUT2D eigenvalue weighted by Crippen LogP contribution is 2.16. The van der Waals surface area contributed by atoms with Crippen LogP contribution in [0.1, 0.15) is 38.3 Å². The Kier molecular flexibility index (Phi) is 8.23. The van der Waals surface area contributed by atoms with E-state index in [4.69, 9.17) is 4.74 Å². The fraction of sp³-hybridized carbons (Fsp3) is 0.556. The van der Waals surface area contributed by atoms with Crippen LogP contribution < -0.4 is 10.0 Å². The Hall–Kier alpha value is -1.93. The topological polar surface area (TPSA) is 102 Å². The first-order valence-electron chi connectivity index (χ1n) is 8.61. The molecule has 1 aromatic rings. The molecule has 146 valence electrons. The number of hydrogen-bond donors (Lipinski definition) is 2. The van der Waals surface area contributed by atoms with Crippen LogP contribution >= 0.6 is 0 Å². The van der Waals surface area contributed by atoms with E-state index < -0.39 is 34.5 Å². The van der Waals surface area contributed by atoms with Gasteiger partial charge >= 0.3 is 5.97 Å². The number of sulfonamides is 1. The first-order chi connectivity index (χ1) is 12.1. The van der Waals surface area contributed by atoms with E-state index in [-0.39, 0.29) is 10.8 Å². The van der Waals surface area contributed by atoms with E-state index in [1.165, 1.54) is 6.07 Å². The van der Waals surface area contributed by atoms with Crippen molar-refractivity contribution in [3.05, 3.63) is 29.3 Å². The van der Waals surface area contributed by atoms with Crippen LogP contribution in [0.25, 0.3) is 0 Å². The summed E-state index contributed by atoms with van der Waals surface area (Å²) in [6, 6.07) is 3.68. The molecule has 0 aliphatic heterocycles. The maximum Gasteiger partial charge on any atom is 0.324 e. The molecule has 26 heavy (non-hydrogen) atoms. The molecule has 1 atom stereocenters. The van der Waals surface area contributed by atoms with E-state index in [1.54, 1.807) is 26.0 Å². The van der Waals surface area contributed by atoms with Gasteiger partial charge in [-0.25, -0.2) is 8.42 Å². The third kappa shape index (κ3) is 6.42. The molecular formula is C18H28N2O5S. The number of benzene rings is 1. The Bertz CT molecular complexity index is 744. The first-order valence-corrected chi connectivity index (χ1v) is 10.1. The summed E-state index contributed by atoms with van der Waals surface area (Å²) >= 11 is 0. The molecule has 1 amide bonds. The molecule has 0 saturated heterocycles. The number of rotatable bonds is 9. The number of esters is 1. The lowest BCUT2D eigenvalue weighted by molar-refractivity contribution is -0.151. The lowest BCUT2D eigenvalue weighted by Crippen LogP contribution is -2.46. The molecule has 0 unspecified atom stereocenters. The van der Waals surface area contributed by atoms with Crippen LogP contribution in [0.3, 0.4) is 0 Å². The van der Waals surface area contributed by atoms with Crippen molar-refractivity contribution in [1.82, 2.24) is 10.0 Å². The van der Waals surface area contributed by atoms with Gasteiger partial charge in [0, 0.05) is 6.54 Å². The summed E-state index contributed by atoms with van der Waals surface area (Å²) in [5, 5.41) is 2.59. The minimum atomic E-state index is -3.89. The normalized spacial score (nSPS) is 12.7. The van der Waals surface area contributed by atoms with E-state index in [1.807, 2.05) is 20.8 Å². The molecule has 0 fully saturated rings. The van der Waals surface area contributed by atoms with Gasteiger partial charge in [-0.3, -0.25) is 9.59 Å². The van der Waals surface area contributed by atoms with Crippen LogP contribution in [-0.4, -0.2) is 39.5 Å². The highest BCUT2D eigenvalue weighted by Gasteiger charge is 2.30. The maximum atomic E-state index is 12.6. The van der Waals surface area contributed by atoms with E-state index in [2.05, 4.69) is 10.0 Å². The van der Waals surface area contributed by atoms with Crippen molar-refractivity contribution in [2.24, 2.45) is 5.92 Å². The van der Waals surface area contributed by atoms with Gasteiger partial charge in [0.15, 0.2) is 6.61 Å². The van der Waals surface area contributed by atoms with Crippen molar-refractivity contribution < 1.29 is 22.7 Å². The van der Waals surface area contributed by atoms with Crippen molar-refractivity contribution in [2.45, 2.75) is 52.0 Å². The van der Waals surface area contributed by atoms with Crippen LogP contribution in [0.15, 0.2) is 23.1 Å². The van der Waals surface area contributed by atoms with Gasteiger partial charge in [0.05, 0.1) is 4.90 Å². The number of hydrogen-bond acceptors (Lipinski definition) is 5. The van der Waals surface area contributed by atoms with Gasteiger partial charge in [0.2, 0.25) is 10.0 Å². The van der Waals surface area contributed by atoms with Gasteiger partial charge in [-0.2, -0.15) is 4.72 Å². The smallest absolute Gasteiger partial charge is 0.324 e. The molecule has 0 saturated carbocycles. The maximum absolute atomic E-state index is 12.6. The highest BCUT2D eigenvalue weighted by atomic mass is 32.2. The van der Waals surface area contributed by atoms with Gasteiger partial charge in [-0.1, -0.05) is 26.8 Å². The zero-order valence-corrected chi connectivity index (χ0v) is 16.8. The predicted octanol–water partition coefficient (Wildman–Crippen LogP) is 1.68. The molecule has 0 aliphatic carbocycles. The zero-order valence-electron chi connectivity index (χ0n) is 16.0. The summed E-state index contributed by atoms with van der Waals surface area (Å²) in [6.07, 6.45) is 0.768. The highest BCUT2D eigenvalue weighted by molar-refractivity contribution is 7.89. The molecule has 0 radical (unpaired) electrons. The van der Waals surface area contributed by atoms with Crippen molar-refractivity contribution in [2.75, 3.05) is 13.2 Å². The Morgan fingerprint density at radius 2 is 1.81 bits per heavy atom. The van der Waals surface area contributed by atoms with Crippen LogP contribution in [-0.2, 0) is 24.3 Å². The van der Waals surface area contributed by atoms with Gasteiger partial charge in [0.1, 0.15) is 6.04 Å². The van der Waals surface area contributed by atoms with Gasteiger partial charge in [0.25, 0.3) is 5.91 Å². The minimum absolute atomic E-state index is 0.0831. The van der Waals surface area contributed by atoms with Crippen molar-refractivity contribution in [1.29, 1.82) is 0 Å². The summed E-state index contributed by atoms with van der Waals surface area (Å²) in [5.74, 6) is -1.54. The average Bonchev–Trinajstić information content (AvgIpc) is 2.57. The second kappa shape index (κ2) is 9.68. The van der Waals surface area contributed by atoms with Crippen molar-refractivity contribution in [3.63, 3.8) is 0 Å². The summed E-state index contributed by atoms with van der Waals surface area (Å²) in [5.41, 5.74) is 1.81. The predicted molar refractivity (Wildman–Crippen MR) is 99.1 cm³/mol. The monoisotopic (exact) mass is 384 g/mol. The quantitative estimate of drug-likeness (QED) is 0.631. The standard InChI is InChI=1S/C18H28N2O5S/c1-6-9-19-16(21)11-25-18(22)17(12(2)3)20-26(23,24)15-8-7-13(4)14(5)10-15/h7-8,10,12,17,20H,6,9,11H2,1-5H3,(H,19,21)/t17-/m0/s1. The fourth-order valence-corrected chi connectivity index (χ4v) is 3.53. The molecular weight excluding hydrogens is 356 g/mol. The molecule has 0 aliphatic rings. The third-order valence-electron chi connectivity index (χ3n) is 3.91. The number of ether oxygens (including phenoxy) is 1. The van der Waals surface area contributed by atoms with Crippen LogP contribution in [0.4, 0.5) is 0 Å². The number of carbonyl (C=O) groups is 2. The van der Waals surface area contributed by atoms with Crippen molar-refractivity contribution >= 4 is 21.9 Å². The average molecular weight is 384 g/mol. The molecule has 0 aromatic heterocycles. The summed E-state index contributed by atoms with van der Waals surface area (Å²) in [6.45, 7) is 9.06. The Morgan fingerprint density at radius 3 is 2.35 bits per heavy atom. The zero-order chi connectivity index (χ0) is 19.9. The third-order valence-corrected chi connectivity index (χ3v) is 5.35. The summed E-state index contributed by atoms with van der Waals surface area (Å²) in [4.78, 5) is 23.9. The Morgan fingerprint density at radius 1 is 1.15 bits per heavy atom. The lowest BCUT2D eigenvalue weighted by Gasteiger charge is -2.21. The SMILES string of the molecule is CCCNC(=O)COC(=O)[C@@H](NS(=O)(=O)c1ccc(C)c(C)c1)C(C)C. The molecule has 8 heteroatoms. The van der Waals surface area contributed by atoms with E-state index in [9.17, 15) is 18.0 Å². The number of nitrogens with one attached hydrogen (secondary N) is 2. The number of aryl methyl sites for hydroxylation is 2. The number of carbonyl (C=O) groups excluding carboxylic acids is 2.